The van der Waals surface area contributed by atoms with Gasteiger partial charge in [0.25, 0.3) is 5.91 Å². The molecule has 8 heteroatoms. The number of amides is 1. The van der Waals surface area contributed by atoms with Crippen molar-refractivity contribution in [2.24, 2.45) is 4.99 Å². The van der Waals surface area contributed by atoms with E-state index >= 15 is 0 Å². The van der Waals surface area contributed by atoms with E-state index in [-0.39, 0.29) is 10.9 Å². The molecule has 1 amide bonds. The summed E-state index contributed by atoms with van der Waals surface area (Å²) >= 11 is 1.12. The molecule has 0 atom stereocenters. The lowest BCUT2D eigenvalue weighted by atomic mass is 10.2. The lowest BCUT2D eigenvalue weighted by molar-refractivity contribution is -0.137. The van der Waals surface area contributed by atoms with E-state index in [2.05, 4.69) is 15.3 Å². The Labute approximate surface area is 134 Å². The first-order valence-corrected chi connectivity index (χ1v) is 7.64. The summed E-state index contributed by atoms with van der Waals surface area (Å²) in [6, 6.07) is 7.64. The van der Waals surface area contributed by atoms with Crippen LogP contribution in [0.5, 0.6) is 0 Å². The molecule has 2 aromatic rings. The quantitative estimate of drug-likeness (QED) is 0.667. The van der Waals surface area contributed by atoms with Crippen molar-refractivity contribution in [3.63, 3.8) is 0 Å². The van der Waals surface area contributed by atoms with Crippen molar-refractivity contribution in [1.82, 2.24) is 10.3 Å². The monoisotopic (exact) mass is 339 g/mol. The van der Waals surface area contributed by atoms with Gasteiger partial charge in [0.1, 0.15) is 0 Å². The summed E-state index contributed by atoms with van der Waals surface area (Å²) in [6.45, 7) is 0. The molecule has 0 fully saturated rings. The van der Waals surface area contributed by atoms with Gasteiger partial charge in [-0.2, -0.15) is 13.2 Å². The van der Waals surface area contributed by atoms with Crippen LogP contribution in [-0.4, -0.2) is 22.3 Å². The lowest BCUT2D eigenvalue weighted by Crippen LogP contribution is -2.28. The molecule has 1 aromatic carbocycles. The van der Waals surface area contributed by atoms with Crippen LogP contribution in [-0.2, 0) is 6.18 Å². The second-order valence-electron chi connectivity index (χ2n) is 4.36. The minimum Gasteiger partial charge on any atom is -0.301 e. The molecule has 0 aliphatic heterocycles. The number of thioether (sulfide) groups is 1. The van der Waals surface area contributed by atoms with Gasteiger partial charge in [0.15, 0.2) is 5.17 Å². The lowest BCUT2D eigenvalue weighted by Gasteiger charge is -2.08. The zero-order valence-corrected chi connectivity index (χ0v) is 12.8. The maximum Gasteiger partial charge on any atom is 0.416 e. The van der Waals surface area contributed by atoms with E-state index in [1.807, 2.05) is 0 Å². The Kier molecular flexibility index (Phi) is 5.38. The van der Waals surface area contributed by atoms with Crippen molar-refractivity contribution in [1.29, 1.82) is 0 Å². The van der Waals surface area contributed by atoms with Crippen LogP contribution in [0.25, 0.3) is 0 Å². The Morgan fingerprint density at radius 2 is 1.91 bits per heavy atom. The number of rotatable bonds is 2. The average Bonchev–Trinajstić information content (AvgIpc) is 2.54. The fourth-order valence-electron chi connectivity index (χ4n) is 1.67. The number of aromatic nitrogens is 1. The van der Waals surface area contributed by atoms with Gasteiger partial charge in [-0.3, -0.25) is 9.78 Å². The molecular formula is C15H12F3N3OS. The number of nitrogens with zero attached hydrogens (tertiary/aromatic N) is 2. The Hall–Kier alpha value is -2.35. The molecule has 0 saturated carbocycles. The first-order valence-electron chi connectivity index (χ1n) is 6.41. The fraction of sp³-hybridized carbons (Fsp3) is 0.133. The second-order valence-corrected chi connectivity index (χ2v) is 5.15. The third-order valence-electron chi connectivity index (χ3n) is 2.76. The summed E-state index contributed by atoms with van der Waals surface area (Å²) in [5.74, 6) is -0.410. The topological polar surface area (TPSA) is 54.4 Å². The largest absolute Gasteiger partial charge is 0.416 e. The van der Waals surface area contributed by atoms with Gasteiger partial charge in [0, 0.05) is 18.0 Å². The number of aliphatic imine (C=N–C) groups is 1. The van der Waals surface area contributed by atoms with Crippen LogP contribution in [0.15, 0.2) is 53.8 Å². The van der Waals surface area contributed by atoms with Crippen LogP contribution in [0.4, 0.5) is 18.9 Å². The fourth-order valence-corrected chi connectivity index (χ4v) is 2.06. The van der Waals surface area contributed by atoms with E-state index in [4.69, 9.17) is 0 Å². The number of amidine groups is 1. The standard InChI is InChI=1S/C15H12F3N3OS/c1-23-14(21-13(22)10-5-7-19-8-6-10)20-12-4-2-3-11(9-12)15(16,17)18/h2-9H,1H3,(H,20,21,22). The van der Waals surface area contributed by atoms with Gasteiger partial charge in [0.05, 0.1) is 11.3 Å². The third-order valence-corrected chi connectivity index (χ3v) is 3.34. The Morgan fingerprint density at radius 3 is 2.52 bits per heavy atom. The number of nitrogens with one attached hydrogen (secondary N) is 1. The third kappa shape index (κ3) is 4.82. The van der Waals surface area contributed by atoms with Gasteiger partial charge in [-0.15, -0.1) is 0 Å². The van der Waals surface area contributed by atoms with E-state index in [1.54, 1.807) is 6.26 Å². The van der Waals surface area contributed by atoms with E-state index < -0.39 is 17.6 Å². The number of carbonyl (C=O) groups excluding carboxylic acids is 1. The molecule has 23 heavy (non-hydrogen) atoms. The van der Waals surface area contributed by atoms with Crippen molar-refractivity contribution in [3.8, 4) is 0 Å². The minimum absolute atomic E-state index is 0.110. The normalized spacial score (nSPS) is 12.1. The highest BCUT2D eigenvalue weighted by molar-refractivity contribution is 8.13. The molecule has 0 unspecified atom stereocenters. The summed E-state index contributed by atoms with van der Waals surface area (Å²) in [4.78, 5) is 19.9. The molecule has 120 valence electrons. The number of benzene rings is 1. The number of halogens is 3. The van der Waals surface area contributed by atoms with Gasteiger partial charge >= 0.3 is 6.18 Å². The molecule has 0 aliphatic rings. The maximum atomic E-state index is 12.7. The number of hydrogen-bond acceptors (Lipinski definition) is 4. The molecule has 1 heterocycles. The molecule has 1 N–H and O–H groups in total. The molecule has 4 nitrogen and oxygen atoms in total. The van der Waals surface area contributed by atoms with Crippen LogP contribution in [0.3, 0.4) is 0 Å². The van der Waals surface area contributed by atoms with Gasteiger partial charge in [-0.1, -0.05) is 17.8 Å². The Bertz CT molecular complexity index is 717. The maximum absolute atomic E-state index is 12.7. The average molecular weight is 339 g/mol. The first-order chi connectivity index (χ1) is 10.9. The van der Waals surface area contributed by atoms with Gasteiger partial charge in [0.2, 0.25) is 0 Å². The number of alkyl halides is 3. The van der Waals surface area contributed by atoms with Crippen molar-refractivity contribution in [2.45, 2.75) is 6.18 Å². The Balaban J connectivity index is 2.21. The molecule has 1 aromatic heterocycles. The molecule has 0 radical (unpaired) electrons. The van der Waals surface area contributed by atoms with Crippen LogP contribution < -0.4 is 5.32 Å². The van der Waals surface area contributed by atoms with E-state index in [9.17, 15) is 18.0 Å². The van der Waals surface area contributed by atoms with E-state index in [0.29, 0.717) is 5.56 Å². The molecule has 0 saturated heterocycles. The summed E-state index contributed by atoms with van der Waals surface area (Å²) in [6.07, 6.45) is 0.167. The van der Waals surface area contributed by atoms with Gasteiger partial charge in [-0.05, 0) is 36.6 Å². The van der Waals surface area contributed by atoms with E-state index in [1.165, 1.54) is 36.7 Å². The highest BCUT2D eigenvalue weighted by atomic mass is 32.2. The number of carbonyl (C=O) groups is 1. The second kappa shape index (κ2) is 7.28. The molecule has 0 bridgehead atoms. The van der Waals surface area contributed by atoms with E-state index in [0.717, 1.165) is 23.9 Å². The summed E-state index contributed by atoms with van der Waals surface area (Å²) in [7, 11) is 0. The Morgan fingerprint density at radius 1 is 1.22 bits per heavy atom. The van der Waals surface area contributed by atoms with Gasteiger partial charge in [-0.25, -0.2) is 4.99 Å². The van der Waals surface area contributed by atoms with Crippen LogP contribution in [0, 0.1) is 0 Å². The van der Waals surface area contributed by atoms with Crippen molar-refractivity contribution < 1.29 is 18.0 Å². The highest BCUT2D eigenvalue weighted by Crippen LogP contribution is 2.31. The SMILES string of the molecule is CSC(=Nc1cccc(C(F)(F)F)c1)NC(=O)c1ccncc1. The van der Waals surface area contributed by atoms with Crippen LogP contribution in [0.1, 0.15) is 15.9 Å². The van der Waals surface area contributed by atoms with Crippen LogP contribution >= 0.6 is 11.8 Å². The van der Waals surface area contributed by atoms with Crippen molar-refractivity contribution in [3.05, 3.63) is 59.9 Å². The predicted molar refractivity (Wildman–Crippen MR) is 83.8 cm³/mol. The number of hydrogen-bond donors (Lipinski definition) is 1. The van der Waals surface area contributed by atoms with Crippen molar-refractivity contribution in [2.75, 3.05) is 6.26 Å². The van der Waals surface area contributed by atoms with Gasteiger partial charge < -0.3 is 5.32 Å². The zero-order valence-electron chi connectivity index (χ0n) is 12.0. The molecule has 0 aliphatic carbocycles. The molecular weight excluding hydrogens is 327 g/mol. The van der Waals surface area contributed by atoms with Crippen LogP contribution in [0.2, 0.25) is 0 Å². The highest BCUT2D eigenvalue weighted by Gasteiger charge is 2.30. The summed E-state index contributed by atoms with van der Waals surface area (Å²) in [5, 5.41) is 2.75. The molecule has 0 spiro atoms. The minimum atomic E-state index is -4.44. The summed E-state index contributed by atoms with van der Waals surface area (Å²) < 4.78 is 38.1. The molecule has 2 rings (SSSR count). The predicted octanol–water partition coefficient (Wildman–Crippen LogP) is 3.88. The first kappa shape index (κ1) is 17.0. The smallest absolute Gasteiger partial charge is 0.301 e. The van der Waals surface area contributed by atoms with Crippen molar-refractivity contribution >= 4 is 28.5 Å². The number of pyridine rings is 1. The zero-order chi connectivity index (χ0) is 16.9. The summed E-state index contributed by atoms with van der Waals surface area (Å²) in [5.41, 5.74) is -0.301.